The Morgan fingerprint density at radius 3 is 3.00 bits per heavy atom. The molecule has 2 aliphatic rings. The standard InChI is InChI=1S/C20H24O3S/c1-3-10-23-20(22)13(2)14-8-9-17-18(11-14)24-12-15-6-4-5-7-16(15)19(17)21/h3,8-9,11,13,15-16H,1,4-7,10,12H2,2H3/t13?,15-,16+/m0/s1. The van der Waals surface area contributed by atoms with Crippen molar-refractivity contribution in [1.29, 1.82) is 0 Å². The van der Waals surface area contributed by atoms with Gasteiger partial charge in [-0.05, 0) is 43.4 Å². The van der Waals surface area contributed by atoms with E-state index in [1.165, 1.54) is 6.42 Å². The van der Waals surface area contributed by atoms with E-state index in [0.717, 1.165) is 41.0 Å². The van der Waals surface area contributed by atoms with Gasteiger partial charge in [-0.3, -0.25) is 9.59 Å². The molecule has 24 heavy (non-hydrogen) atoms. The molecule has 0 spiro atoms. The molecule has 0 saturated heterocycles. The summed E-state index contributed by atoms with van der Waals surface area (Å²) in [5.41, 5.74) is 1.75. The zero-order chi connectivity index (χ0) is 17.1. The van der Waals surface area contributed by atoms with Gasteiger partial charge >= 0.3 is 5.97 Å². The molecule has 3 nitrogen and oxygen atoms in total. The molecule has 128 valence electrons. The number of thioether (sulfide) groups is 1. The largest absolute Gasteiger partial charge is 0.461 e. The van der Waals surface area contributed by atoms with Crippen LogP contribution in [0.25, 0.3) is 0 Å². The minimum Gasteiger partial charge on any atom is -0.461 e. The molecule has 0 radical (unpaired) electrons. The van der Waals surface area contributed by atoms with Gasteiger partial charge in [-0.25, -0.2) is 0 Å². The summed E-state index contributed by atoms with van der Waals surface area (Å²) < 4.78 is 5.14. The first kappa shape index (κ1) is 17.3. The second kappa shape index (κ2) is 7.56. The quantitative estimate of drug-likeness (QED) is 0.591. The van der Waals surface area contributed by atoms with E-state index < -0.39 is 0 Å². The number of fused-ring (bicyclic) bond motifs is 2. The third-order valence-corrected chi connectivity index (χ3v) is 6.41. The fourth-order valence-corrected chi connectivity index (χ4v) is 5.02. The molecule has 1 aromatic rings. The number of ether oxygens (including phenoxy) is 1. The summed E-state index contributed by atoms with van der Waals surface area (Å²) in [6.45, 7) is 5.63. The number of hydrogen-bond acceptors (Lipinski definition) is 4. The average molecular weight is 344 g/mol. The lowest BCUT2D eigenvalue weighted by molar-refractivity contribution is -0.143. The van der Waals surface area contributed by atoms with Crippen molar-refractivity contribution < 1.29 is 14.3 Å². The Morgan fingerprint density at radius 2 is 2.21 bits per heavy atom. The summed E-state index contributed by atoms with van der Waals surface area (Å²) in [7, 11) is 0. The average Bonchev–Trinajstić information content (AvgIpc) is 2.76. The highest BCUT2D eigenvalue weighted by Crippen LogP contribution is 2.42. The summed E-state index contributed by atoms with van der Waals surface area (Å²) in [5, 5.41) is 0. The molecule has 1 aliphatic carbocycles. The van der Waals surface area contributed by atoms with Crippen molar-refractivity contribution in [2.75, 3.05) is 12.4 Å². The molecule has 0 amide bonds. The normalized spacial score (nSPS) is 24.3. The number of ketones is 1. The van der Waals surface area contributed by atoms with Crippen molar-refractivity contribution in [3.05, 3.63) is 42.0 Å². The van der Waals surface area contributed by atoms with Crippen LogP contribution in [0.3, 0.4) is 0 Å². The fourth-order valence-electron chi connectivity index (χ4n) is 3.68. The first-order valence-electron chi connectivity index (χ1n) is 8.70. The Morgan fingerprint density at radius 1 is 1.42 bits per heavy atom. The Kier molecular flexibility index (Phi) is 5.44. The van der Waals surface area contributed by atoms with Gasteiger partial charge in [0.25, 0.3) is 0 Å². The first-order chi connectivity index (χ1) is 11.6. The molecule has 1 saturated carbocycles. The van der Waals surface area contributed by atoms with Gasteiger partial charge in [-0.15, -0.1) is 11.8 Å². The Hall–Kier alpha value is -1.55. The van der Waals surface area contributed by atoms with E-state index in [2.05, 4.69) is 6.58 Å². The smallest absolute Gasteiger partial charge is 0.313 e. The minimum absolute atomic E-state index is 0.188. The van der Waals surface area contributed by atoms with Crippen molar-refractivity contribution >= 4 is 23.5 Å². The molecule has 1 fully saturated rings. The maximum atomic E-state index is 12.9. The molecule has 0 bridgehead atoms. The number of carbonyl (C=O) groups excluding carboxylic acids is 2. The fraction of sp³-hybridized carbons (Fsp3) is 0.500. The van der Waals surface area contributed by atoms with Crippen molar-refractivity contribution in [2.24, 2.45) is 11.8 Å². The van der Waals surface area contributed by atoms with Crippen LogP contribution in [0.15, 0.2) is 35.7 Å². The molecule has 1 aromatic carbocycles. The van der Waals surface area contributed by atoms with Gasteiger partial charge in [-0.1, -0.05) is 31.6 Å². The maximum Gasteiger partial charge on any atom is 0.313 e. The maximum absolute atomic E-state index is 12.9. The Balaban J connectivity index is 1.83. The van der Waals surface area contributed by atoms with Crippen molar-refractivity contribution in [1.82, 2.24) is 0 Å². The van der Waals surface area contributed by atoms with Crippen molar-refractivity contribution in [3.8, 4) is 0 Å². The van der Waals surface area contributed by atoms with Gasteiger partial charge in [0.15, 0.2) is 5.78 Å². The van der Waals surface area contributed by atoms with Crippen LogP contribution in [0, 0.1) is 11.8 Å². The summed E-state index contributed by atoms with van der Waals surface area (Å²) in [5.74, 6) is 1.40. The zero-order valence-corrected chi connectivity index (χ0v) is 14.9. The van der Waals surface area contributed by atoms with Gasteiger partial charge in [0.05, 0.1) is 5.92 Å². The number of hydrogen-bond donors (Lipinski definition) is 0. The van der Waals surface area contributed by atoms with Crippen LogP contribution in [0.1, 0.15) is 54.4 Å². The number of esters is 1. The summed E-state index contributed by atoms with van der Waals surface area (Å²) in [4.78, 5) is 26.0. The van der Waals surface area contributed by atoms with Gasteiger partial charge in [0, 0.05) is 22.1 Å². The first-order valence-corrected chi connectivity index (χ1v) is 9.69. The molecular formula is C20H24O3S. The number of rotatable bonds is 4. The Labute approximate surface area is 147 Å². The predicted octanol–water partition coefficient (Wildman–Crippen LogP) is 4.61. The lowest BCUT2D eigenvalue weighted by Crippen LogP contribution is -2.27. The van der Waals surface area contributed by atoms with E-state index in [0.29, 0.717) is 11.7 Å². The lowest BCUT2D eigenvalue weighted by atomic mass is 9.76. The van der Waals surface area contributed by atoms with E-state index in [1.807, 2.05) is 25.1 Å². The predicted molar refractivity (Wildman–Crippen MR) is 96.5 cm³/mol. The molecule has 1 unspecified atom stereocenters. The lowest BCUT2D eigenvalue weighted by Gasteiger charge is -2.28. The third kappa shape index (κ3) is 3.44. The highest BCUT2D eigenvalue weighted by atomic mass is 32.2. The van der Waals surface area contributed by atoms with Crippen LogP contribution in [0.4, 0.5) is 0 Å². The molecule has 3 atom stereocenters. The summed E-state index contributed by atoms with van der Waals surface area (Å²) >= 11 is 1.77. The van der Waals surface area contributed by atoms with Gasteiger partial charge < -0.3 is 4.74 Å². The van der Waals surface area contributed by atoms with Gasteiger partial charge in [0.1, 0.15) is 6.61 Å². The second-order valence-electron chi connectivity index (χ2n) is 6.72. The van der Waals surface area contributed by atoms with E-state index in [1.54, 1.807) is 17.8 Å². The molecule has 4 heteroatoms. The highest BCUT2D eigenvalue weighted by Gasteiger charge is 2.35. The van der Waals surface area contributed by atoms with E-state index in [-0.39, 0.29) is 24.4 Å². The van der Waals surface area contributed by atoms with Crippen LogP contribution in [0.2, 0.25) is 0 Å². The van der Waals surface area contributed by atoms with Gasteiger partial charge in [0.2, 0.25) is 0 Å². The molecule has 0 N–H and O–H groups in total. The van der Waals surface area contributed by atoms with E-state index in [4.69, 9.17) is 4.74 Å². The summed E-state index contributed by atoms with van der Waals surface area (Å²) in [6.07, 6.45) is 6.15. The number of carbonyl (C=O) groups is 2. The molecular weight excluding hydrogens is 320 g/mol. The summed E-state index contributed by atoms with van der Waals surface area (Å²) in [6, 6.07) is 5.82. The number of benzene rings is 1. The van der Waals surface area contributed by atoms with E-state index in [9.17, 15) is 9.59 Å². The van der Waals surface area contributed by atoms with E-state index >= 15 is 0 Å². The molecule has 1 aliphatic heterocycles. The number of Topliss-reactive ketones (excluding diaryl/α,β-unsaturated/α-hetero) is 1. The van der Waals surface area contributed by atoms with Crippen LogP contribution in [0.5, 0.6) is 0 Å². The molecule has 3 rings (SSSR count). The second-order valence-corrected chi connectivity index (χ2v) is 7.78. The van der Waals surface area contributed by atoms with Crippen LogP contribution >= 0.6 is 11.8 Å². The third-order valence-electron chi connectivity index (χ3n) is 5.17. The monoisotopic (exact) mass is 344 g/mol. The van der Waals surface area contributed by atoms with Crippen molar-refractivity contribution in [2.45, 2.75) is 43.4 Å². The SMILES string of the molecule is C=CCOC(=O)C(C)c1ccc2c(c1)SC[C@@H]1CCCC[C@H]1C2=O. The zero-order valence-electron chi connectivity index (χ0n) is 14.1. The van der Waals surface area contributed by atoms with Crippen LogP contribution in [-0.4, -0.2) is 24.1 Å². The molecule has 1 heterocycles. The highest BCUT2D eigenvalue weighted by molar-refractivity contribution is 7.99. The molecule has 0 aromatic heterocycles. The van der Waals surface area contributed by atoms with Crippen LogP contribution < -0.4 is 0 Å². The Bertz CT molecular complexity index is 652. The minimum atomic E-state index is -0.337. The van der Waals surface area contributed by atoms with Crippen molar-refractivity contribution in [3.63, 3.8) is 0 Å². The van der Waals surface area contributed by atoms with Crippen LogP contribution in [-0.2, 0) is 9.53 Å². The van der Waals surface area contributed by atoms with Gasteiger partial charge in [-0.2, -0.15) is 0 Å². The topological polar surface area (TPSA) is 43.4 Å².